The van der Waals surface area contributed by atoms with Crippen LogP contribution in [0.4, 0.5) is 0 Å². The second kappa shape index (κ2) is 5.58. The zero-order chi connectivity index (χ0) is 13.9. The highest BCUT2D eigenvalue weighted by Crippen LogP contribution is 2.18. The molecule has 3 rings (SSSR count). The van der Waals surface area contributed by atoms with Gasteiger partial charge in [-0.05, 0) is 25.0 Å². The van der Waals surface area contributed by atoms with Crippen LogP contribution in [-0.2, 0) is 11.3 Å². The Bertz CT molecular complexity index is 617. The van der Waals surface area contributed by atoms with E-state index in [0.29, 0.717) is 23.8 Å². The van der Waals surface area contributed by atoms with E-state index in [1.54, 1.807) is 6.07 Å². The molecule has 0 atom stereocenters. The number of carbonyl (C=O) groups excluding carboxylic acids is 1. The average molecular weight is 274 g/mol. The van der Waals surface area contributed by atoms with Gasteiger partial charge in [0.05, 0.1) is 13.7 Å². The van der Waals surface area contributed by atoms with Gasteiger partial charge >= 0.3 is 5.97 Å². The van der Waals surface area contributed by atoms with Crippen LogP contribution in [0, 0.1) is 0 Å². The fraction of sp³-hybridized carbons (Fsp3) is 0.500. The van der Waals surface area contributed by atoms with Crippen molar-refractivity contribution in [2.45, 2.75) is 38.3 Å². The highest BCUT2D eigenvalue weighted by molar-refractivity contribution is 5.95. The number of ether oxygens (including phenoxy) is 1. The molecule has 2 heterocycles. The van der Waals surface area contributed by atoms with E-state index in [9.17, 15) is 4.79 Å². The first-order valence-corrected chi connectivity index (χ1v) is 6.94. The molecule has 2 aromatic heterocycles. The highest BCUT2D eigenvalue weighted by atomic mass is 16.5. The van der Waals surface area contributed by atoms with Gasteiger partial charge in [0.2, 0.25) is 0 Å². The van der Waals surface area contributed by atoms with Crippen molar-refractivity contribution in [1.29, 1.82) is 0 Å². The molecule has 0 aromatic carbocycles. The predicted molar refractivity (Wildman–Crippen MR) is 73.4 cm³/mol. The van der Waals surface area contributed by atoms with Crippen molar-refractivity contribution >= 4 is 11.6 Å². The van der Waals surface area contributed by atoms with Crippen LogP contribution in [0.3, 0.4) is 0 Å². The number of carbonyl (C=O) groups is 1. The normalized spacial score (nSPS) is 15.8. The van der Waals surface area contributed by atoms with Crippen LogP contribution in [0.5, 0.6) is 0 Å². The maximum atomic E-state index is 11.7. The van der Waals surface area contributed by atoms with Gasteiger partial charge in [-0.1, -0.05) is 12.8 Å². The summed E-state index contributed by atoms with van der Waals surface area (Å²) < 4.78 is 6.60. The molecule has 0 amide bonds. The molecule has 0 spiro atoms. The summed E-state index contributed by atoms with van der Waals surface area (Å²) in [5.74, 6) is 0.427. The van der Waals surface area contributed by atoms with E-state index in [-0.39, 0.29) is 0 Å². The predicted octanol–water partition coefficient (Wildman–Crippen LogP) is 1.55. The van der Waals surface area contributed by atoms with Crippen molar-refractivity contribution in [3.8, 4) is 0 Å². The molecular formula is C14H18N4O2. The lowest BCUT2D eigenvalue weighted by Gasteiger charge is -2.10. The quantitative estimate of drug-likeness (QED) is 0.857. The summed E-state index contributed by atoms with van der Waals surface area (Å²) in [6.07, 6.45) is 6.91. The Kier molecular flexibility index (Phi) is 3.64. The maximum Gasteiger partial charge on any atom is 0.341 e. The first-order chi connectivity index (χ1) is 9.79. The van der Waals surface area contributed by atoms with Gasteiger partial charge in [0, 0.05) is 12.2 Å². The molecule has 0 unspecified atom stereocenters. The Morgan fingerprint density at radius 1 is 1.45 bits per heavy atom. The van der Waals surface area contributed by atoms with Crippen molar-refractivity contribution in [2.24, 2.45) is 0 Å². The Morgan fingerprint density at radius 3 is 3.00 bits per heavy atom. The monoisotopic (exact) mass is 274 g/mol. The van der Waals surface area contributed by atoms with Crippen molar-refractivity contribution in [2.75, 3.05) is 7.11 Å². The molecule has 0 aliphatic heterocycles. The molecule has 1 aliphatic carbocycles. The van der Waals surface area contributed by atoms with Gasteiger partial charge in [0.1, 0.15) is 5.56 Å². The Labute approximate surface area is 117 Å². The molecule has 1 saturated carbocycles. The van der Waals surface area contributed by atoms with Crippen LogP contribution in [-0.4, -0.2) is 33.7 Å². The summed E-state index contributed by atoms with van der Waals surface area (Å²) in [6.45, 7) is 0.663. The average Bonchev–Trinajstić information content (AvgIpc) is 3.13. The second-order valence-corrected chi connectivity index (χ2v) is 5.09. The number of esters is 1. The number of aromatic nitrogens is 3. The minimum Gasteiger partial charge on any atom is -0.465 e. The SMILES string of the molecule is COC(=O)c1cccn2c(CNC3CCCC3)nnc12. The van der Waals surface area contributed by atoms with Crippen LogP contribution >= 0.6 is 0 Å². The first-order valence-electron chi connectivity index (χ1n) is 6.94. The van der Waals surface area contributed by atoms with Gasteiger partial charge in [-0.2, -0.15) is 0 Å². The summed E-state index contributed by atoms with van der Waals surface area (Å²) in [7, 11) is 1.37. The summed E-state index contributed by atoms with van der Waals surface area (Å²) in [5.41, 5.74) is 0.984. The molecule has 106 valence electrons. The van der Waals surface area contributed by atoms with E-state index in [1.807, 2.05) is 16.7 Å². The molecule has 2 aromatic rings. The zero-order valence-electron chi connectivity index (χ0n) is 11.5. The van der Waals surface area contributed by atoms with Crippen molar-refractivity contribution in [1.82, 2.24) is 19.9 Å². The fourth-order valence-corrected chi connectivity index (χ4v) is 2.72. The van der Waals surface area contributed by atoms with E-state index in [1.165, 1.54) is 32.8 Å². The van der Waals surface area contributed by atoms with E-state index in [0.717, 1.165) is 5.82 Å². The molecule has 0 saturated heterocycles. The lowest BCUT2D eigenvalue weighted by atomic mass is 10.2. The molecule has 0 radical (unpaired) electrons. The molecule has 1 aliphatic rings. The number of rotatable bonds is 4. The van der Waals surface area contributed by atoms with E-state index in [2.05, 4.69) is 15.5 Å². The lowest BCUT2D eigenvalue weighted by molar-refractivity contribution is 0.0602. The minimum atomic E-state index is -0.390. The Morgan fingerprint density at radius 2 is 2.25 bits per heavy atom. The zero-order valence-corrected chi connectivity index (χ0v) is 11.5. The van der Waals surface area contributed by atoms with Crippen LogP contribution in [0.15, 0.2) is 18.3 Å². The first kappa shape index (κ1) is 13.1. The Hall–Kier alpha value is -1.95. The standard InChI is InChI=1S/C14H18N4O2/c1-20-14(19)11-7-4-8-18-12(16-17-13(11)18)9-15-10-5-2-3-6-10/h4,7-8,10,15H,2-3,5-6,9H2,1H3. The second-order valence-electron chi connectivity index (χ2n) is 5.09. The van der Waals surface area contributed by atoms with Gasteiger partial charge in [-0.3, -0.25) is 4.40 Å². The van der Waals surface area contributed by atoms with E-state index < -0.39 is 5.97 Å². The number of hydrogen-bond donors (Lipinski definition) is 1. The fourth-order valence-electron chi connectivity index (χ4n) is 2.72. The van der Waals surface area contributed by atoms with Crippen LogP contribution in [0.1, 0.15) is 41.9 Å². The largest absolute Gasteiger partial charge is 0.465 e. The van der Waals surface area contributed by atoms with Gasteiger partial charge in [-0.25, -0.2) is 4.79 Å². The molecular weight excluding hydrogens is 256 g/mol. The molecule has 1 fully saturated rings. The lowest BCUT2D eigenvalue weighted by Crippen LogP contribution is -2.26. The number of nitrogens with zero attached hydrogens (tertiary/aromatic N) is 3. The molecule has 1 N–H and O–H groups in total. The van der Waals surface area contributed by atoms with Gasteiger partial charge in [0.15, 0.2) is 11.5 Å². The Balaban J connectivity index is 1.83. The maximum absolute atomic E-state index is 11.7. The van der Waals surface area contributed by atoms with Crippen molar-refractivity contribution in [3.63, 3.8) is 0 Å². The van der Waals surface area contributed by atoms with E-state index in [4.69, 9.17) is 4.74 Å². The highest BCUT2D eigenvalue weighted by Gasteiger charge is 2.17. The third kappa shape index (κ3) is 2.38. The van der Waals surface area contributed by atoms with Gasteiger partial charge in [-0.15, -0.1) is 10.2 Å². The van der Waals surface area contributed by atoms with Gasteiger partial charge < -0.3 is 10.1 Å². The number of methoxy groups -OCH3 is 1. The molecule has 0 bridgehead atoms. The minimum absolute atomic E-state index is 0.390. The molecule has 6 nitrogen and oxygen atoms in total. The number of fused-ring (bicyclic) bond motifs is 1. The third-order valence-corrected chi connectivity index (χ3v) is 3.81. The number of nitrogens with one attached hydrogen (secondary N) is 1. The smallest absolute Gasteiger partial charge is 0.341 e. The summed E-state index contributed by atoms with van der Waals surface area (Å²) in [5, 5.41) is 11.8. The van der Waals surface area contributed by atoms with E-state index >= 15 is 0 Å². The van der Waals surface area contributed by atoms with Gasteiger partial charge in [0.25, 0.3) is 0 Å². The van der Waals surface area contributed by atoms with Crippen LogP contribution in [0.25, 0.3) is 5.65 Å². The molecule has 6 heteroatoms. The summed E-state index contributed by atoms with van der Waals surface area (Å²) in [6, 6.07) is 4.08. The van der Waals surface area contributed by atoms with Crippen molar-refractivity contribution in [3.05, 3.63) is 29.7 Å². The van der Waals surface area contributed by atoms with Crippen LogP contribution in [0.2, 0.25) is 0 Å². The number of pyridine rings is 1. The van der Waals surface area contributed by atoms with Crippen LogP contribution < -0.4 is 5.32 Å². The molecule has 20 heavy (non-hydrogen) atoms. The number of hydrogen-bond acceptors (Lipinski definition) is 5. The third-order valence-electron chi connectivity index (χ3n) is 3.81. The summed E-state index contributed by atoms with van der Waals surface area (Å²) in [4.78, 5) is 11.7. The summed E-state index contributed by atoms with van der Waals surface area (Å²) >= 11 is 0. The van der Waals surface area contributed by atoms with Crippen molar-refractivity contribution < 1.29 is 9.53 Å². The topological polar surface area (TPSA) is 68.5 Å².